The lowest BCUT2D eigenvalue weighted by Crippen LogP contribution is -2.65. The van der Waals surface area contributed by atoms with E-state index in [0.717, 1.165) is 0 Å². The molecular formula is C7H3F7O2S2. The molecule has 11 heteroatoms. The van der Waals surface area contributed by atoms with Crippen LogP contribution in [0.5, 0.6) is 0 Å². The van der Waals surface area contributed by atoms with Gasteiger partial charge in [0.05, 0.1) is 0 Å². The molecule has 1 aliphatic rings. The quantitative estimate of drug-likeness (QED) is 0.336. The molecule has 1 atom stereocenters. The predicted molar refractivity (Wildman–Crippen MR) is 50.2 cm³/mol. The summed E-state index contributed by atoms with van der Waals surface area (Å²) in [6.07, 6.45) is 0.230. The summed E-state index contributed by atoms with van der Waals surface area (Å²) in [5.41, 5.74) is 0. The van der Waals surface area contributed by atoms with Crippen LogP contribution in [0.25, 0.3) is 0 Å². The van der Waals surface area contributed by atoms with E-state index in [-0.39, 0.29) is 6.08 Å². The van der Waals surface area contributed by atoms with E-state index in [1.165, 1.54) is 0 Å². The minimum Gasteiger partial charge on any atom is -0.409 e. The van der Waals surface area contributed by atoms with E-state index in [4.69, 9.17) is 0 Å². The van der Waals surface area contributed by atoms with E-state index in [9.17, 15) is 35.5 Å². The van der Waals surface area contributed by atoms with E-state index in [1.807, 2.05) is 0 Å². The topological polar surface area (TPSA) is 26.3 Å². The Bertz CT molecular complexity index is 386. The molecule has 104 valence electrons. The molecule has 1 fully saturated rings. The highest BCUT2D eigenvalue weighted by atomic mass is 33.1. The molecular weight excluding hydrogens is 313 g/mol. The van der Waals surface area contributed by atoms with Crippen LogP contribution in [0.15, 0.2) is 12.7 Å². The molecule has 0 saturated carbocycles. The number of carbonyl (C=O) groups is 1. The predicted octanol–water partition coefficient (Wildman–Crippen LogP) is 3.60. The average molecular weight is 316 g/mol. The van der Waals surface area contributed by atoms with Gasteiger partial charge in [-0.15, -0.1) is 0 Å². The first-order valence-electron chi connectivity index (χ1n) is 3.96. The van der Waals surface area contributed by atoms with Gasteiger partial charge in [0.1, 0.15) is 0 Å². The van der Waals surface area contributed by atoms with Crippen molar-refractivity contribution in [3.8, 4) is 0 Å². The average Bonchev–Trinajstić information content (AvgIpc) is 2.24. The molecule has 0 aromatic carbocycles. The third kappa shape index (κ3) is 1.96. The van der Waals surface area contributed by atoms with Crippen LogP contribution in [0, 0.1) is 0 Å². The van der Waals surface area contributed by atoms with Crippen molar-refractivity contribution in [2.45, 2.75) is 22.3 Å². The summed E-state index contributed by atoms with van der Waals surface area (Å²) in [5, 5.41) is -9.83. The Hall–Kier alpha value is -0.580. The van der Waals surface area contributed by atoms with Gasteiger partial charge in [-0.05, 0) is 10.8 Å². The van der Waals surface area contributed by atoms with Crippen molar-refractivity contribution < 1.29 is 40.3 Å². The minimum absolute atomic E-state index is 0.230. The molecule has 0 aromatic rings. The van der Waals surface area contributed by atoms with Crippen LogP contribution in [0.2, 0.25) is 0 Å². The van der Waals surface area contributed by atoms with Gasteiger partial charge in [0, 0.05) is 16.9 Å². The van der Waals surface area contributed by atoms with E-state index in [2.05, 4.69) is 11.3 Å². The summed E-state index contributed by atoms with van der Waals surface area (Å²) >= 11 is 0. The molecule has 1 heterocycles. The fraction of sp³-hybridized carbons (Fsp3) is 0.571. The highest BCUT2D eigenvalue weighted by Crippen LogP contribution is 2.68. The summed E-state index contributed by atoms with van der Waals surface area (Å²) in [6.45, 7) is 2.73. The zero-order valence-electron chi connectivity index (χ0n) is 8.06. The fourth-order valence-corrected chi connectivity index (χ4v) is 2.99. The lowest BCUT2D eigenvalue weighted by molar-refractivity contribution is -0.339. The molecule has 2 nitrogen and oxygen atoms in total. The molecule has 1 aliphatic heterocycles. The van der Waals surface area contributed by atoms with E-state index in [0.29, 0.717) is 0 Å². The highest BCUT2D eigenvalue weighted by molar-refractivity contribution is 8.77. The molecule has 1 unspecified atom stereocenters. The van der Waals surface area contributed by atoms with Gasteiger partial charge in [0.15, 0.2) is 0 Å². The van der Waals surface area contributed by atoms with Gasteiger partial charge in [0.2, 0.25) is 0 Å². The zero-order valence-corrected chi connectivity index (χ0v) is 9.70. The van der Waals surface area contributed by atoms with Gasteiger partial charge in [-0.3, -0.25) is 0 Å². The van der Waals surface area contributed by atoms with Crippen LogP contribution >= 0.6 is 21.6 Å². The molecule has 0 amide bonds. The summed E-state index contributed by atoms with van der Waals surface area (Å²) in [6, 6.07) is 0. The second kappa shape index (κ2) is 4.22. The van der Waals surface area contributed by atoms with Crippen LogP contribution in [-0.2, 0) is 9.53 Å². The first-order chi connectivity index (χ1) is 7.91. The summed E-state index contributed by atoms with van der Waals surface area (Å²) < 4.78 is 94.0. The molecule has 0 aromatic heterocycles. The van der Waals surface area contributed by atoms with E-state index < -0.39 is 49.8 Å². The van der Waals surface area contributed by atoms with Crippen molar-refractivity contribution in [1.29, 1.82) is 0 Å². The first kappa shape index (κ1) is 15.5. The van der Waals surface area contributed by atoms with Crippen LogP contribution in [0.1, 0.15) is 0 Å². The van der Waals surface area contributed by atoms with E-state index in [1.54, 1.807) is 0 Å². The van der Waals surface area contributed by atoms with Gasteiger partial charge < -0.3 is 4.74 Å². The van der Waals surface area contributed by atoms with Gasteiger partial charge in [0.25, 0.3) is 0 Å². The molecule has 0 spiro atoms. The van der Waals surface area contributed by atoms with Crippen molar-refractivity contribution in [2.75, 3.05) is 0 Å². The highest BCUT2D eigenvalue weighted by Gasteiger charge is 2.86. The third-order valence-corrected chi connectivity index (χ3v) is 4.41. The lowest BCUT2D eigenvalue weighted by Gasteiger charge is -2.42. The van der Waals surface area contributed by atoms with Crippen molar-refractivity contribution >= 4 is 27.6 Å². The number of hydrogen-bond acceptors (Lipinski definition) is 4. The van der Waals surface area contributed by atoms with Crippen LogP contribution in [-0.4, -0.2) is 28.3 Å². The Balaban J connectivity index is 3.19. The second-order valence-electron chi connectivity index (χ2n) is 2.99. The van der Waals surface area contributed by atoms with Crippen molar-refractivity contribution in [2.24, 2.45) is 0 Å². The van der Waals surface area contributed by atoms with Crippen molar-refractivity contribution in [1.82, 2.24) is 0 Å². The van der Waals surface area contributed by atoms with Crippen LogP contribution < -0.4 is 0 Å². The second-order valence-corrected chi connectivity index (χ2v) is 5.36. The maximum absolute atomic E-state index is 13.5. The van der Waals surface area contributed by atoms with Crippen LogP contribution in [0.3, 0.4) is 0 Å². The van der Waals surface area contributed by atoms with Gasteiger partial charge in [-0.25, -0.2) is 4.79 Å². The lowest BCUT2D eigenvalue weighted by atomic mass is 10.1. The third-order valence-electron chi connectivity index (χ3n) is 1.79. The molecule has 0 bridgehead atoms. The number of alkyl halides is 7. The molecule has 0 N–H and O–H groups in total. The Kier molecular flexibility index (Phi) is 3.63. The fourth-order valence-electron chi connectivity index (χ4n) is 0.833. The zero-order chi connectivity index (χ0) is 14.4. The molecule has 1 rings (SSSR count). The number of halogens is 7. The number of carbonyl (C=O) groups excluding carboxylic acids is 1. The SMILES string of the molecule is C=CC(=O)OC1(F)SSC(F)(F)C(F)(F)C1(F)F. The largest absolute Gasteiger partial charge is 0.409 e. The van der Waals surface area contributed by atoms with Crippen molar-refractivity contribution in [3.05, 3.63) is 12.7 Å². The van der Waals surface area contributed by atoms with Gasteiger partial charge >= 0.3 is 28.3 Å². The minimum atomic E-state index is -6.02. The summed E-state index contributed by atoms with van der Waals surface area (Å²) in [7, 11) is -2.14. The molecule has 0 radical (unpaired) electrons. The molecule has 0 aliphatic carbocycles. The summed E-state index contributed by atoms with van der Waals surface area (Å²) in [4.78, 5) is 10.6. The van der Waals surface area contributed by atoms with Gasteiger partial charge in [-0.2, -0.15) is 30.7 Å². The molecule has 1 saturated heterocycles. The Morgan fingerprint density at radius 3 is 1.94 bits per heavy atom. The maximum Gasteiger partial charge on any atom is 0.396 e. The maximum atomic E-state index is 13.5. The Labute approximate surface area is 103 Å². The number of ether oxygens (including phenoxy) is 1. The first-order valence-corrected chi connectivity index (χ1v) is 6.11. The van der Waals surface area contributed by atoms with Crippen LogP contribution in [0.4, 0.5) is 30.7 Å². The van der Waals surface area contributed by atoms with Gasteiger partial charge in [-0.1, -0.05) is 6.58 Å². The number of esters is 1. The number of hydrogen-bond donors (Lipinski definition) is 0. The normalized spacial score (nSPS) is 32.6. The monoisotopic (exact) mass is 316 g/mol. The number of rotatable bonds is 2. The smallest absolute Gasteiger partial charge is 0.396 e. The van der Waals surface area contributed by atoms with Crippen molar-refractivity contribution in [3.63, 3.8) is 0 Å². The standard InChI is InChI=1S/C7H3F7O2S2/c1-2-3(15)16-7(14)5(10,11)4(8,9)6(12,13)17-18-7/h2H,1H2. The molecule has 18 heavy (non-hydrogen) atoms. The Morgan fingerprint density at radius 1 is 1.00 bits per heavy atom. The summed E-state index contributed by atoms with van der Waals surface area (Å²) in [5.74, 6) is -13.7. The Morgan fingerprint density at radius 2 is 1.50 bits per heavy atom. The van der Waals surface area contributed by atoms with E-state index >= 15 is 0 Å².